The molecule has 1 unspecified atom stereocenters. The quantitative estimate of drug-likeness (QED) is 0.742. The molecule has 3 aromatic rings. The molecule has 1 amide bonds. The second kappa shape index (κ2) is 5.69. The highest BCUT2D eigenvalue weighted by Crippen LogP contribution is 2.18. The third-order valence-corrected chi connectivity index (χ3v) is 3.16. The molecular weight excluding hydrogens is 282 g/mol. The van der Waals surface area contributed by atoms with E-state index < -0.39 is 18.0 Å². The number of primary amides is 1. The molecule has 2 aromatic heterocycles. The molecule has 0 spiro atoms. The Bertz CT molecular complexity index is 794. The summed E-state index contributed by atoms with van der Waals surface area (Å²) in [5.74, 6) is -1.43. The van der Waals surface area contributed by atoms with Gasteiger partial charge in [0, 0.05) is 18.0 Å². The van der Waals surface area contributed by atoms with Crippen molar-refractivity contribution >= 4 is 17.5 Å². The molecule has 3 rings (SSSR count). The summed E-state index contributed by atoms with van der Waals surface area (Å²) in [6.45, 7) is 0. The highest BCUT2D eigenvalue weighted by Gasteiger charge is 2.24. The molecule has 6 heteroatoms. The number of imidazole rings is 1. The predicted molar refractivity (Wildman–Crippen MR) is 79.0 cm³/mol. The van der Waals surface area contributed by atoms with Crippen LogP contribution in [0.15, 0.2) is 60.9 Å². The third-order valence-electron chi connectivity index (χ3n) is 3.16. The Hall–Kier alpha value is -3.15. The van der Waals surface area contributed by atoms with Crippen molar-refractivity contribution in [1.29, 1.82) is 0 Å². The van der Waals surface area contributed by atoms with Crippen LogP contribution in [0.5, 0.6) is 0 Å². The Labute approximate surface area is 126 Å². The van der Waals surface area contributed by atoms with Crippen molar-refractivity contribution < 1.29 is 14.3 Å². The molecule has 0 aliphatic carbocycles. The summed E-state index contributed by atoms with van der Waals surface area (Å²) < 4.78 is 6.92. The van der Waals surface area contributed by atoms with E-state index in [9.17, 15) is 9.59 Å². The van der Waals surface area contributed by atoms with Gasteiger partial charge in [-0.15, -0.1) is 0 Å². The predicted octanol–water partition coefficient (Wildman–Crippen LogP) is 1.72. The van der Waals surface area contributed by atoms with E-state index in [4.69, 9.17) is 10.5 Å². The lowest BCUT2D eigenvalue weighted by Crippen LogP contribution is -2.26. The topological polar surface area (TPSA) is 86.7 Å². The van der Waals surface area contributed by atoms with Crippen LogP contribution < -0.4 is 5.73 Å². The number of carbonyl (C=O) groups excluding carboxylic acids is 2. The maximum Gasteiger partial charge on any atom is 0.359 e. The molecule has 0 fully saturated rings. The first-order valence-corrected chi connectivity index (χ1v) is 6.64. The molecule has 0 aliphatic heterocycles. The highest BCUT2D eigenvalue weighted by molar-refractivity contribution is 5.91. The Balaban J connectivity index is 1.86. The summed E-state index contributed by atoms with van der Waals surface area (Å²) in [6, 6.07) is 14.0. The van der Waals surface area contributed by atoms with E-state index in [0.717, 1.165) is 0 Å². The number of hydrogen-bond donors (Lipinski definition) is 1. The van der Waals surface area contributed by atoms with Gasteiger partial charge >= 0.3 is 5.97 Å². The number of amides is 1. The van der Waals surface area contributed by atoms with Crippen LogP contribution in [0.25, 0.3) is 5.65 Å². The zero-order valence-corrected chi connectivity index (χ0v) is 11.5. The number of ether oxygens (including phenoxy) is 1. The molecule has 0 saturated heterocycles. The lowest BCUT2D eigenvalue weighted by Gasteiger charge is -2.13. The van der Waals surface area contributed by atoms with E-state index in [1.165, 1.54) is 0 Å². The fourth-order valence-corrected chi connectivity index (χ4v) is 2.12. The minimum Gasteiger partial charge on any atom is -0.443 e. The summed E-state index contributed by atoms with van der Waals surface area (Å²) in [6.07, 6.45) is 2.17. The van der Waals surface area contributed by atoms with Crippen molar-refractivity contribution in [2.45, 2.75) is 6.10 Å². The SMILES string of the molecule is NC(=O)C(OC(=O)c1cn2ccccc2n1)c1ccccc1. The van der Waals surface area contributed by atoms with Gasteiger partial charge < -0.3 is 14.9 Å². The van der Waals surface area contributed by atoms with Crippen molar-refractivity contribution in [2.75, 3.05) is 0 Å². The number of pyridine rings is 1. The van der Waals surface area contributed by atoms with Crippen LogP contribution in [0.4, 0.5) is 0 Å². The van der Waals surface area contributed by atoms with Gasteiger partial charge in [-0.25, -0.2) is 9.78 Å². The second-order valence-electron chi connectivity index (χ2n) is 4.69. The average Bonchev–Trinajstić information content (AvgIpc) is 2.97. The van der Waals surface area contributed by atoms with Crippen molar-refractivity contribution in [1.82, 2.24) is 9.38 Å². The van der Waals surface area contributed by atoms with Gasteiger partial charge in [-0.3, -0.25) is 4.79 Å². The number of hydrogen-bond acceptors (Lipinski definition) is 4. The van der Waals surface area contributed by atoms with Crippen molar-refractivity contribution in [3.05, 3.63) is 72.2 Å². The standard InChI is InChI=1S/C16H13N3O3/c17-15(20)14(11-6-2-1-3-7-11)22-16(21)12-10-19-9-5-4-8-13(19)18-12/h1-10,14H,(H2,17,20). The molecular formula is C16H13N3O3. The first-order valence-electron chi connectivity index (χ1n) is 6.64. The summed E-state index contributed by atoms with van der Waals surface area (Å²) in [7, 11) is 0. The van der Waals surface area contributed by atoms with Crippen LogP contribution in [0.3, 0.4) is 0 Å². The molecule has 0 saturated carbocycles. The first-order chi connectivity index (χ1) is 10.6. The van der Waals surface area contributed by atoms with E-state index in [0.29, 0.717) is 11.2 Å². The van der Waals surface area contributed by atoms with Gasteiger partial charge in [-0.1, -0.05) is 36.4 Å². The van der Waals surface area contributed by atoms with Gasteiger partial charge in [0.05, 0.1) is 0 Å². The molecule has 6 nitrogen and oxygen atoms in total. The summed E-state index contributed by atoms with van der Waals surface area (Å²) >= 11 is 0. The van der Waals surface area contributed by atoms with Crippen molar-refractivity contribution in [3.63, 3.8) is 0 Å². The number of fused-ring (bicyclic) bond motifs is 1. The summed E-state index contributed by atoms with van der Waals surface area (Å²) in [5, 5.41) is 0. The number of nitrogens with zero attached hydrogens (tertiary/aromatic N) is 2. The van der Waals surface area contributed by atoms with Gasteiger partial charge in [-0.05, 0) is 12.1 Å². The fraction of sp³-hybridized carbons (Fsp3) is 0.0625. The maximum absolute atomic E-state index is 12.2. The number of aromatic nitrogens is 2. The van der Waals surface area contributed by atoms with Crippen LogP contribution in [0, 0.1) is 0 Å². The number of rotatable bonds is 4. The number of nitrogens with two attached hydrogens (primary N) is 1. The number of esters is 1. The zero-order valence-electron chi connectivity index (χ0n) is 11.5. The van der Waals surface area contributed by atoms with Crippen LogP contribution in [-0.2, 0) is 9.53 Å². The minimum atomic E-state index is -1.14. The second-order valence-corrected chi connectivity index (χ2v) is 4.69. The van der Waals surface area contributed by atoms with Gasteiger partial charge in [0.25, 0.3) is 5.91 Å². The van der Waals surface area contributed by atoms with Gasteiger partial charge in [0.1, 0.15) is 5.65 Å². The monoisotopic (exact) mass is 295 g/mol. The Kier molecular flexibility index (Phi) is 3.57. The molecule has 1 aromatic carbocycles. The zero-order chi connectivity index (χ0) is 15.5. The van der Waals surface area contributed by atoms with E-state index in [-0.39, 0.29) is 5.69 Å². The lowest BCUT2D eigenvalue weighted by atomic mass is 10.1. The fourth-order valence-electron chi connectivity index (χ4n) is 2.12. The van der Waals surface area contributed by atoms with E-state index in [1.54, 1.807) is 53.2 Å². The van der Waals surface area contributed by atoms with Gasteiger partial charge in [0.15, 0.2) is 5.69 Å². The van der Waals surface area contributed by atoms with Gasteiger partial charge in [0.2, 0.25) is 6.10 Å². The van der Waals surface area contributed by atoms with Crippen molar-refractivity contribution in [3.8, 4) is 0 Å². The van der Waals surface area contributed by atoms with E-state index in [1.807, 2.05) is 12.1 Å². The Morgan fingerprint density at radius 1 is 1.09 bits per heavy atom. The Morgan fingerprint density at radius 2 is 1.82 bits per heavy atom. The lowest BCUT2D eigenvalue weighted by molar-refractivity contribution is -0.127. The summed E-state index contributed by atoms with van der Waals surface area (Å²) in [5.41, 5.74) is 6.58. The van der Waals surface area contributed by atoms with Crippen molar-refractivity contribution in [2.24, 2.45) is 5.73 Å². The average molecular weight is 295 g/mol. The van der Waals surface area contributed by atoms with E-state index >= 15 is 0 Å². The normalized spacial score (nSPS) is 12.0. The van der Waals surface area contributed by atoms with E-state index in [2.05, 4.69) is 4.98 Å². The number of benzene rings is 1. The Morgan fingerprint density at radius 3 is 2.50 bits per heavy atom. The summed E-state index contributed by atoms with van der Waals surface area (Å²) in [4.78, 5) is 27.9. The molecule has 22 heavy (non-hydrogen) atoms. The largest absolute Gasteiger partial charge is 0.443 e. The smallest absolute Gasteiger partial charge is 0.359 e. The molecule has 2 N–H and O–H groups in total. The van der Waals surface area contributed by atoms with Gasteiger partial charge in [-0.2, -0.15) is 0 Å². The maximum atomic E-state index is 12.2. The van der Waals surface area contributed by atoms with Crippen LogP contribution in [0.1, 0.15) is 22.2 Å². The molecule has 2 heterocycles. The minimum absolute atomic E-state index is 0.119. The molecule has 110 valence electrons. The number of carbonyl (C=O) groups is 2. The molecule has 1 atom stereocenters. The van der Waals surface area contributed by atoms with Crippen LogP contribution in [0.2, 0.25) is 0 Å². The molecule has 0 radical (unpaired) electrons. The third kappa shape index (κ3) is 2.67. The molecule has 0 bridgehead atoms. The van der Waals surface area contributed by atoms with Crippen LogP contribution >= 0.6 is 0 Å². The highest BCUT2D eigenvalue weighted by atomic mass is 16.5. The first kappa shape index (κ1) is 13.8. The molecule has 0 aliphatic rings. The van der Waals surface area contributed by atoms with Crippen LogP contribution in [-0.4, -0.2) is 21.3 Å².